The van der Waals surface area contributed by atoms with Crippen LogP contribution in [0.25, 0.3) is 0 Å². The maximum absolute atomic E-state index is 12.8. The number of anilines is 1. The first kappa shape index (κ1) is 17.2. The second-order valence-electron chi connectivity index (χ2n) is 5.74. The van der Waals surface area contributed by atoms with E-state index in [-0.39, 0.29) is 23.9 Å². The molecule has 1 aromatic rings. The van der Waals surface area contributed by atoms with Crippen molar-refractivity contribution in [3.8, 4) is 0 Å². The van der Waals surface area contributed by atoms with Crippen molar-refractivity contribution in [3.63, 3.8) is 0 Å². The zero-order valence-electron chi connectivity index (χ0n) is 13.5. The number of halogens is 1. The number of rotatable bonds is 5. The highest BCUT2D eigenvalue weighted by Crippen LogP contribution is 2.23. The first-order chi connectivity index (χ1) is 11.0. The number of aliphatic imine (C=N–C) groups is 1. The van der Waals surface area contributed by atoms with Crippen LogP contribution in [0.4, 0.5) is 10.1 Å². The van der Waals surface area contributed by atoms with Crippen LogP contribution in [0.1, 0.15) is 19.8 Å². The maximum Gasteiger partial charge on any atom is 0.243 e. The normalized spacial score (nSPS) is 21.1. The SMILES string of the molecule is CN=C(NCC(=O)Nc1ccc(F)cc1)NCC1(C)CCCO1. The Balaban J connectivity index is 1.74. The number of hydrogen-bond acceptors (Lipinski definition) is 3. The minimum atomic E-state index is -0.339. The van der Waals surface area contributed by atoms with Crippen LogP contribution in [0.5, 0.6) is 0 Å². The zero-order chi connectivity index (χ0) is 16.7. The van der Waals surface area contributed by atoms with Crippen molar-refractivity contribution < 1.29 is 13.9 Å². The van der Waals surface area contributed by atoms with E-state index in [0.29, 0.717) is 18.2 Å². The molecule has 1 aliphatic rings. The standard InChI is InChI=1S/C16H23FN4O2/c1-16(8-3-9-23-16)11-20-15(18-2)19-10-14(22)21-13-6-4-12(17)5-7-13/h4-7H,3,8-11H2,1-2H3,(H,21,22)(H2,18,19,20). The molecule has 7 heteroatoms. The molecule has 0 aromatic heterocycles. The zero-order valence-corrected chi connectivity index (χ0v) is 13.5. The smallest absolute Gasteiger partial charge is 0.243 e. The topological polar surface area (TPSA) is 74.8 Å². The number of hydrogen-bond donors (Lipinski definition) is 3. The van der Waals surface area contributed by atoms with Crippen molar-refractivity contribution >= 4 is 17.6 Å². The van der Waals surface area contributed by atoms with E-state index in [4.69, 9.17) is 4.74 Å². The molecule has 0 bridgehead atoms. The van der Waals surface area contributed by atoms with E-state index in [1.165, 1.54) is 24.3 Å². The molecule has 1 atom stereocenters. The molecule has 126 valence electrons. The largest absolute Gasteiger partial charge is 0.373 e. The molecule has 1 amide bonds. The van der Waals surface area contributed by atoms with Crippen molar-refractivity contribution in [2.45, 2.75) is 25.4 Å². The fourth-order valence-electron chi connectivity index (χ4n) is 2.37. The van der Waals surface area contributed by atoms with Gasteiger partial charge in [0.25, 0.3) is 0 Å². The van der Waals surface area contributed by atoms with Crippen LogP contribution < -0.4 is 16.0 Å². The van der Waals surface area contributed by atoms with E-state index in [1.807, 2.05) is 0 Å². The summed E-state index contributed by atoms with van der Waals surface area (Å²) >= 11 is 0. The molecule has 3 N–H and O–H groups in total. The van der Waals surface area contributed by atoms with Gasteiger partial charge in [-0.25, -0.2) is 4.39 Å². The van der Waals surface area contributed by atoms with Gasteiger partial charge in [0.15, 0.2) is 5.96 Å². The van der Waals surface area contributed by atoms with Crippen LogP contribution in [-0.4, -0.2) is 44.2 Å². The Labute approximate surface area is 135 Å². The monoisotopic (exact) mass is 322 g/mol. The van der Waals surface area contributed by atoms with Crippen molar-refractivity contribution in [3.05, 3.63) is 30.1 Å². The molecule has 1 unspecified atom stereocenters. The molecule has 6 nitrogen and oxygen atoms in total. The first-order valence-electron chi connectivity index (χ1n) is 7.65. The molecule has 0 aliphatic carbocycles. The number of nitrogens with one attached hydrogen (secondary N) is 3. The van der Waals surface area contributed by atoms with Crippen LogP contribution in [0.3, 0.4) is 0 Å². The summed E-state index contributed by atoms with van der Waals surface area (Å²) in [6, 6.07) is 5.62. The van der Waals surface area contributed by atoms with Gasteiger partial charge in [-0.3, -0.25) is 9.79 Å². The summed E-state index contributed by atoms with van der Waals surface area (Å²) < 4.78 is 18.5. The molecule has 23 heavy (non-hydrogen) atoms. The third-order valence-electron chi connectivity index (χ3n) is 3.70. The van der Waals surface area contributed by atoms with Gasteiger partial charge in [0, 0.05) is 25.9 Å². The van der Waals surface area contributed by atoms with Gasteiger partial charge in [0.2, 0.25) is 5.91 Å². The van der Waals surface area contributed by atoms with E-state index in [9.17, 15) is 9.18 Å². The fraction of sp³-hybridized carbons (Fsp3) is 0.500. The predicted molar refractivity (Wildman–Crippen MR) is 88.0 cm³/mol. The van der Waals surface area contributed by atoms with Crippen molar-refractivity contribution in [1.29, 1.82) is 0 Å². The van der Waals surface area contributed by atoms with Gasteiger partial charge in [0.1, 0.15) is 5.82 Å². The first-order valence-corrected chi connectivity index (χ1v) is 7.65. The molecular formula is C16H23FN4O2. The molecule has 2 rings (SSSR count). The second kappa shape index (κ2) is 7.92. The van der Waals surface area contributed by atoms with Gasteiger partial charge in [-0.05, 0) is 44.0 Å². The quantitative estimate of drug-likeness (QED) is 0.567. The van der Waals surface area contributed by atoms with E-state index < -0.39 is 0 Å². The molecule has 1 aromatic carbocycles. The average molecular weight is 322 g/mol. The number of benzene rings is 1. The number of amides is 1. The Hall–Kier alpha value is -2.15. The van der Waals surface area contributed by atoms with Crippen LogP contribution in [0, 0.1) is 5.82 Å². The minimum absolute atomic E-state index is 0.0641. The maximum atomic E-state index is 12.8. The van der Waals surface area contributed by atoms with Gasteiger partial charge in [-0.2, -0.15) is 0 Å². The van der Waals surface area contributed by atoms with Gasteiger partial charge in [-0.15, -0.1) is 0 Å². The van der Waals surface area contributed by atoms with Gasteiger partial charge >= 0.3 is 0 Å². The number of carbonyl (C=O) groups excluding carboxylic acids is 1. The Morgan fingerprint density at radius 2 is 2.09 bits per heavy atom. The van der Waals surface area contributed by atoms with Crippen molar-refractivity contribution in [2.24, 2.45) is 4.99 Å². The van der Waals surface area contributed by atoms with E-state index in [2.05, 4.69) is 27.9 Å². The molecular weight excluding hydrogens is 299 g/mol. The summed E-state index contributed by atoms with van der Waals surface area (Å²) in [7, 11) is 1.64. The minimum Gasteiger partial charge on any atom is -0.373 e. The Morgan fingerprint density at radius 3 is 2.70 bits per heavy atom. The molecule has 0 radical (unpaired) electrons. The highest BCUT2D eigenvalue weighted by molar-refractivity contribution is 5.94. The number of guanidine groups is 1. The highest BCUT2D eigenvalue weighted by Gasteiger charge is 2.29. The predicted octanol–water partition coefficient (Wildman–Crippen LogP) is 1.50. The third-order valence-corrected chi connectivity index (χ3v) is 3.70. The lowest BCUT2D eigenvalue weighted by atomic mass is 10.0. The number of ether oxygens (including phenoxy) is 1. The number of carbonyl (C=O) groups is 1. The van der Waals surface area contributed by atoms with Crippen LogP contribution in [0.15, 0.2) is 29.3 Å². The van der Waals surface area contributed by atoms with Gasteiger partial charge in [-0.1, -0.05) is 0 Å². The third kappa shape index (κ3) is 5.52. The summed E-state index contributed by atoms with van der Waals surface area (Å²) in [5.74, 6) is -0.0350. The molecule has 1 heterocycles. The lowest BCUT2D eigenvalue weighted by Crippen LogP contribution is -2.47. The highest BCUT2D eigenvalue weighted by atomic mass is 19.1. The van der Waals surface area contributed by atoms with Crippen LogP contribution in [-0.2, 0) is 9.53 Å². The summed E-state index contributed by atoms with van der Waals surface area (Å²) in [5, 5.41) is 8.78. The van der Waals surface area contributed by atoms with Gasteiger partial charge in [0.05, 0.1) is 12.1 Å². The average Bonchev–Trinajstić information content (AvgIpc) is 2.97. The summed E-state index contributed by atoms with van der Waals surface area (Å²) in [4.78, 5) is 15.9. The van der Waals surface area contributed by atoms with E-state index >= 15 is 0 Å². The molecule has 1 saturated heterocycles. The lowest BCUT2D eigenvalue weighted by molar-refractivity contribution is -0.115. The number of nitrogens with zero attached hydrogens (tertiary/aromatic N) is 1. The molecule has 1 fully saturated rings. The van der Waals surface area contributed by atoms with E-state index in [0.717, 1.165) is 19.4 Å². The van der Waals surface area contributed by atoms with Crippen LogP contribution >= 0.6 is 0 Å². The fourth-order valence-corrected chi connectivity index (χ4v) is 2.37. The molecule has 0 saturated carbocycles. The summed E-state index contributed by atoms with van der Waals surface area (Å²) in [6.07, 6.45) is 2.06. The van der Waals surface area contributed by atoms with Crippen LogP contribution in [0.2, 0.25) is 0 Å². The Bertz CT molecular complexity index is 554. The molecule has 1 aliphatic heterocycles. The van der Waals surface area contributed by atoms with Crippen molar-refractivity contribution in [1.82, 2.24) is 10.6 Å². The Morgan fingerprint density at radius 1 is 1.35 bits per heavy atom. The second-order valence-corrected chi connectivity index (χ2v) is 5.74. The van der Waals surface area contributed by atoms with Crippen molar-refractivity contribution in [2.75, 3.05) is 32.1 Å². The molecule has 0 spiro atoms. The lowest BCUT2D eigenvalue weighted by Gasteiger charge is -2.24. The summed E-state index contributed by atoms with van der Waals surface area (Å²) in [5.41, 5.74) is 0.363. The van der Waals surface area contributed by atoms with Gasteiger partial charge < -0.3 is 20.7 Å². The van der Waals surface area contributed by atoms with E-state index in [1.54, 1.807) is 7.05 Å². The summed E-state index contributed by atoms with van der Waals surface area (Å²) in [6.45, 7) is 3.53. The Kier molecular flexibility index (Phi) is 5.92.